The summed E-state index contributed by atoms with van der Waals surface area (Å²) in [7, 11) is 1.17. The first kappa shape index (κ1) is 21.6. The van der Waals surface area contributed by atoms with Crippen LogP contribution in [0.15, 0.2) is 12.1 Å². The van der Waals surface area contributed by atoms with E-state index in [0.717, 1.165) is 4.88 Å². The summed E-state index contributed by atoms with van der Waals surface area (Å²) in [6.07, 6.45) is 1.38. The third kappa shape index (κ3) is 4.24. The monoisotopic (exact) mass is 410 g/mol. The lowest BCUT2D eigenvalue weighted by atomic mass is 9.79. The van der Waals surface area contributed by atoms with Crippen molar-refractivity contribution in [2.75, 3.05) is 7.11 Å². The van der Waals surface area contributed by atoms with E-state index < -0.39 is 41.7 Å². The summed E-state index contributed by atoms with van der Waals surface area (Å²) in [6.45, 7) is 5.43. The number of allylic oxidation sites excluding steroid dienone is 1. The van der Waals surface area contributed by atoms with Crippen LogP contribution in [0.2, 0.25) is 0 Å². The van der Waals surface area contributed by atoms with Crippen molar-refractivity contribution in [3.05, 3.63) is 27.5 Å². The van der Waals surface area contributed by atoms with Crippen LogP contribution in [0.4, 0.5) is 0 Å². The molecule has 0 bridgehead atoms. The maximum atomic E-state index is 12.8. The van der Waals surface area contributed by atoms with Gasteiger partial charge in [-0.15, -0.1) is 11.3 Å². The summed E-state index contributed by atoms with van der Waals surface area (Å²) >= 11 is 1.24. The molecule has 3 atom stereocenters. The number of thiophene rings is 1. The highest BCUT2D eigenvalue weighted by molar-refractivity contribution is 7.13. The number of fused-ring (bicyclic) bond motifs is 1. The van der Waals surface area contributed by atoms with Gasteiger partial charge in [0, 0.05) is 37.6 Å². The molecule has 152 valence electrons. The van der Waals surface area contributed by atoms with Crippen LogP contribution in [0.1, 0.15) is 55.5 Å². The van der Waals surface area contributed by atoms with Gasteiger partial charge < -0.3 is 18.9 Å². The van der Waals surface area contributed by atoms with Gasteiger partial charge in [-0.2, -0.15) is 0 Å². The molecule has 2 rings (SSSR count). The molecule has 0 fully saturated rings. The minimum absolute atomic E-state index is 0.240. The molecule has 28 heavy (non-hydrogen) atoms. The van der Waals surface area contributed by atoms with Gasteiger partial charge in [-0.05, 0) is 19.1 Å². The number of methoxy groups -OCH3 is 1. The average Bonchev–Trinajstić information content (AvgIpc) is 3.01. The van der Waals surface area contributed by atoms with Gasteiger partial charge in [-0.3, -0.25) is 14.4 Å². The smallest absolute Gasteiger partial charge is 0.355 e. The molecular weight excluding hydrogens is 388 g/mol. The Hall–Kier alpha value is -2.68. The van der Waals surface area contributed by atoms with E-state index in [-0.39, 0.29) is 6.42 Å². The van der Waals surface area contributed by atoms with Gasteiger partial charge in [0.1, 0.15) is 6.10 Å². The van der Waals surface area contributed by atoms with E-state index in [1.165, 1.54) is 39.2 Å². The van der Waals surface area contributed by atoms with Gasteiger partial charge in [0.2, 0.25) is 5.60 Å². The van der Waals surface area contributed by atoms with Crippen molar-refractivity contribution >= 4 is 41.3 Å². The van der Waals surface area contributed by atoms with E-state index in [1.807, 2.05) is 6.92 Å². The lowest BCUT2D eigenvalue weighted by Crippen LogP contribution is -2.50. The average molecular weight is 410 g/mol. The van der Waals surface area contributed by atoms with Crippen LogP contribution in [-0.2, 0) is 43.7 Å². The lowest BCUT2D eigenvalue weighted by Gasteiger charge is -2.40. The fourth-order valence-corrected chi connectivity index (χ4v) is 4.52. The van der Waals surface area contributed by atoms with E-state index in [9.17, 15) is 19.2 Å². The van der Waals surface area contributed by atoms with Gasteiger partial charge in [0.15, 0.2) is 6.10 Å². The number of esters is 4. The van der Waals surface area contributed by atoms with Gasteiger partial charge >= 0.3 is 23.9 Å². The predicted octanol–water partition coefficient (Wildman–Crippen LogP) is 2.65. The summed E-state index contributed by atoms with van der Waals surface area (Å²) in [5, 5.41) is 0. The summed E-state index contributed by atoms with van der Waals surface area (Å²) in [5.41, 5.74) is -1.47. The van der Waals surface area contributed by atoms with Crippen LogP contribution < -0.4 is 0 Å². The number of ether oxygens (including phenoxy) is 4. The third-order valence-electron chi connectivity index (χ3n) is 4.07. The minimum atomic E-state index is -1.82. The Kier molecular flexibility index (Phi) is 6.60. The number of rotatable bonds is 5. The normalized spacial score (nSPS) is 23.6. The molecule has 0 spiro atoms. The van der Waals surface area contributed by atoms with E-state index in [1.54, 1.807) is 18.2 Å². The van der Waals surface area contributed by atoms with E-state index in [0.29, 0.717) is 10.4 Å². The van der Waals surface area contributed by atoms with Crippen LogP contribution in [0.25, 0.3) is 6.08 Å². The zero-order valence-corrected chi connectivity index (χ0v) is 17.1. The Morgan fingerprint density at radius 3 is 2.25 bits per heavy atom. The number of carbonyl (C=O) groups excluding carboxylic acids is 4. The highest BCUT2D eigenvalue weighted by atomic mass is 32.1. The maximum absolute atomic E-state index is 12.8. The first-order valence-corrected chi connectivity index (χ1v) is 9.35. The second kappa shape index (κ2) is 8.55. The predicted molar refractivity (Wildman–Crippen MR) is 99.2 cm³/mol. The molecule has 0 saturated carbocycles. The fraction of sp³-hybridized carbons (Fsp3) is 0.474. The van der Waals surface area contributed by atoms with Crippen molar-refractivity contribution in [3.63, 3.8) is 0 Å². The Labute approximate surface area is 166 Å². The minimum Gasteiger partial charge on any atom is -0.466 e. The molecule has 1 aromatic rings. The first-order chi connectivity index (χ1) is 13.1. The van der Waals surface area contributed by atoms with Crippen LogP contribution in [0.3, 0.4) is 0 Å². The van der Waals surface area contributed by atoms with E-state index >= 15 is 0 Å². The van der Waals surface area contributed by atoms with Crippen LogP contribution in [0.5, 0.6) is 0 Å². The van der Waals surface area contributed by atoms with Crippen molar-refractivity contribution in [2.24, 2.45) is 0 Å². The topological polar surface area (TPSA) is 105 Å². The SMILES string of the molecule is C/C=C/c1cc2c(s1)[C@@H](OC(C)=O)[C@H](OC(C)=O)C[C@]2(OC(C)=O)C(=O)OC. The van der Waals surface area contributed by atoms with Gasteiger partial charge in [-0.25, -0.2) is 4.79 Å². The molecule has 0 aromatic carbocycles. The molecule has 9 heteroatoms. The summed E-state index contributed by atoms with van der Waals surface area (Å²) < 4.78 is 21.1. The number of hydrogen-bond donors (Lipinski definition) is 0. The lowest BCUT2D eigenvalue weighted by molar-refractivity contribution is -0.197. The molecule has 0 amide bonds. The summed E-state index contributed by atoms with van der Waals surface area (Å²) in [4.78, 5) is 49.1. The first-order valence-electron chi connectivity index (χ1n) is 8.54. The van der Waals surface area contributed by atoms with E-state index in [2.05, 4.69) is 0 Å². The number of carbonyl (C=O) groups is 4. The molecule has 0 unspecified atom stereocenters. The Morgan fingerprint density at radius 1 is 1.11 bits per heavy atom. The molecule has 1 aromatic heterocycles. The summed E-state index contributed by atoms with van der Waals surface area (Å²) in [6, 6.07) is 1.68. The molecule has 1 aliphatic carbocycles. The highest BCUT2D eigenvalue weighted by Gasteiger charge is 2.56. The van der Waals surface area contributed by atoms with Crippen molar-refractivity contribution in [3.8, 4) is 0 Å². The zero-order chi connectivity index (χ0) is 21.1. The molecule has 1 heterocycles. The maximum Gasteiger partial charge on any atom is 0.355 e. The van der Waals surface area contributed by atoms with Crippen LogP contribution in [-0.4, -0.2) is 37.1 Å². The van der Waals surface area contributed by atoms with E-state index in [4.69, 9.17) is 18.9 Å². The second-order valence-corrected chi connectivity index (χ2v) is 7.34. The zero-order valence-electron chi connectivity index (χ0n) is 16.3. The van der Waals surface area contributed by atoms with Crippen molar-refractivity contribution in [1.29, 1.82) is 0 Å². The van der Waals surface area contributed by atoms with Crippen molar-refractivity contribution < 1.29 is 38.1 Å². The molecule has 8 nitrogen and oxygen atoms in total. The second-order valence-electron chi connectivity index (χ2n) is 6.22. The molecule has 1 aliphatic rings. The molecule has 0 saturated heterocycles. The van der Waals surface area contributed by atoms with Gasteiger partial charge in [0.05, 0.1) is 12.0 Å². The molecule has 0 aliphatic heterocycles. The Morgan fingerprint density at radius 2 is 1.75 bits per heavy atom. The molecular formula is C19H22O8S. The number of hydrogen-bond acceptors (Lipinski definition) is 9. The fourth-order valence-electron chi connectivity index (χ4n) is 3.23. The highest BCUT2D eigenvalue weighted by Crippen LogP contribution is 2.50. The van der Waals surface area contributed by atoms with Crippen molar-refractivity contribution in [2.45, 2.75) is 51.9 Å². The Balaban J connectivity index is 2.75. The molecule has 0 radical (unpaired) electrons. The van der Waals surface area contributed by atoms with Crippen molar-refractivity contribution in [1.82, 2.24) is 0 Å². The molecule has 0 N–H and O–H groups in total. The third-order valence-corrected chi connectivity index (χ3v) is 5.24. The largest absolute Gasteiger partial charge is 0.466 e. The van der Waals surface area contributed by atoms with Crippen LogP contribution >= 0.6 is 11.3 Å². The standard InChI is InChI=1S/C19H22O8S/c1-6-7-13-8-14-17(28-13)16(26-11(3)21)15(25-10(2)20)9-19(14,18(23)24-5)27-12(4)22/h6-8,15-16H,9H2,1-5H3/b7-6+/t15-,16+,19-/m1/s1. The quantitative estimate of drug-likeness (QED) is 0.539. The van der Waals surface area contributed by atoms with Gasteiger partial charge in [0.25, 0.3) is 0 Å². The summed E-state index contributed by atoms with van der Waals surface area (Å²) in [5.74, 6) is -2.72. The van der Waals surface area contributed by atoms with Crippen LogP contribution in [0, 0.1) is 0 Å². The Bertz CT molecular complexity index is 824. The van der Waals surface area contributed by atoms with Gasteiger partial charge in [-0.1, -0.05) is 6.08 Å².